The number of nitrogen functional groups attached to an aromatic ring is 1. The van der Waals surface area contributed by atoms with Crippen LogP contribution < -0.4 is 16.0 Å². The summed E-state index contributed by atoms with van der Waals surface area (Å²) in [6.45, 7) is 10.1. The van der Waals surface area contributed by atoms with E-state index in [1.165, 1.54) is 5.56 Å². The largest absolute Gasteiger partial charge is 0.393 e. The van der Waals surface area contributed by atoms with Crippen LogP contribution in [-0.2, 0) is 11.8 Å². The standard InChI is InChI=1S/C33H38N6O2/c1-21-27(6-5-7-28(21)35-31(41)23-10-12-24(13-11-23)33(2,3)4)30-36-29(37-32(34)38-30)20-22-8-14-25(15-9-22)39-18-16-26(40)17-19-39/h5-15,26,40H,16-20H2,1-4H3,(H,35,41)(H2,34,36,37,38). The molecule has 8 heteroatoms. The summed E-state index contributed by atoms with van der Waals surface area (Å²) in [6, 6.07) is 21.7. The van der Waals surface area contributed by atoms with Gasteiger partial charge in [-0.25, -0.2) is 4.98 Å². The summed E-state index contributed by atoms with van der Waals surface area (Å²) in [5.74, 6) is 1.03. The maximum Gasteiger partial charge on any atom is 0.255 e. The van der Waals surface area contributed by atoms with Crippen LogP contribution in [0.3, 0.4) is 0 Å². The highest BCUT2D eigenvalue weighted by Gasteiger charge is 2.18. The topological polar surface area (TPSA) is 117 Å². The van der Waals surface area contributed by atoms with Gasteiger partial charge < -0.3 is 21.1 Å². The van der Waals surface area contributed by atoms with Gasteiger partial charge in [-0.3, -0.25) is 4.79 Å². The van der Waals surface area contributed by atoms with Crippen molar-refractivity contribution in [2.45, 2.75) is 58.5 Å². The molecule has 41 heavy (non-hydrogen) atoms. The Bertz CT molecular complexity index is 1520. The number of carbonyl (C=O) groups is 1. The number of hydrogen-bond acceptors (Lipinski definition) is 7. The lowest BCUT2D eigenvalue weighted by molar-refractivity contribution is 0.102. The Kier molecular flexibility index (Phi) is 8.03. The third kappa shape index (κ3) is 6.72. The summed E-state index contributed by atoms with van der Waals surface area (Å²) in [6.07, 6.45) is 1.91. The third-order valence-corrected chi connectivity index (χ3v) is 7.66. The van der Waals surface area contributed by atoms with Gasteiger partial charge in [0.15, 0.2) is 5.82 Å². The van der Waals surface area contributed by atoms with Crippen LogP contribution in [0.5, 0.6) is 0 Å². The van der Waals surface area contributed by atoms with Crippen molar-refractivity contribution in [1.82, 2.24) is 15.0 Å². The Hall–Kier alpha value is -4.30. The van der Waals surface area contributed by atoms with E-state index in [1.807, 2.05) is 49.4 Å². The molecular weight excluding hydrogens is 512 g/mol. The van der Waals surface area contributed by atoms with Crippen LogP contribution in [0.15, 0.2) is 66.7 Å². The highest BCUT2D eigenvalue weighted by atomic mass is 16.3. The number of nitrogens with one attached hydrogen (secondary N) is 1. The first-order valence-electron chi connectivity index (χ1n) is 14.1. The molecule has 8 nitrogen and oxygen atoms in total. The van der Waals surface area contributed by atoms with E-state index >= 15 is 0 Å². The molecule has 0 unspecified atom stereocenters. The number of aliphatic hydroxyl groups is 1. The highest BCUT2D eigenvalue weighted by molar-refractivity contribution is 6.05. The van der Waals surface area contributed by atoms with Crippen LogP contribution in [0.25, 0.3) is 11.4 Å². The smallest absolute Gasteiger partial charge is 0.255 e. The fourth-order valence-electron chi connectivity index (χ4n) is 5.10. The number of piperidine rings is 1. The minimum Gasteiger partial charge on any atom is -0.393 e. The van der Waals surface area contributed by atoms with Gasteiger partial charge >= 0.3 is 0 Å². The van der Waals surface area contributed by atoms with Crippen molar-refractivity contribution in [1.29, 1.82) is 0 Å². The Labute approximate surface area is 241 Å². The van der Waals surface area contributed by atoms with E-state index in [0.29, 0.717) is 29.3 Å². The van der Waals surface area contributed by atoms with E-state index in [-0.39, 0.29) is 23.4 Å². The molecule has 0 spiro atoms. The Morgan fingerprint density at radius 2 is 1.66 bits per heavy atom. The molecule has 5 rings (SSSR count). The van der Waals surface area contributed by atoms with E-state index in [1.54, 1.807) is 0 Å². The first kappa shape index (κ1) is 28.2. The molecule has 0 radical (unpaired) electrons. The first-order valence-corrected chi connectivity index (χ1v) is 14.1. The van der Waals surface area contributed by atoms with Crippen LogP contribution in [-0.4, -0.2) is 45.2 Å². The molecule has 1 aliphatic rings. The second-order valence-electron chi connectivity index (χ2n) is 11.8. The van der Waals surface area contributed by atoms with Crippen LogP contribution in [0, 0.1) is 6.92 Å². The molecule has 3 aromatic carbocycles. The van der Waals surface area contributed by atoms with Gasteiger partial charge in [0.2, 0.25) is 5.95 Å². The molecule has 1 aromatic heterocycles. The molecule has 0 saturated carbocycles. The lowest BCUT2D eigenvalue weighted by atomic mass is 9.86. The summed E-state index contributed by atoms with van der Waals surface area (Å²) < 4.78 is 0. The highest BCUT2D eigenvalue weighted by Crippen LogP contribution is 2.28. The van der Waals surface area contributed by atoms with E-state index < -0.39 is 0 Å². The normalized spacial score (nSPS) is 14.2. The number of nitrogens with two attached hydrogens (primary N) is 1. The minimum atomic E-state index is -0.194. The molecule has 4 N–H and O–H groups in total. The molecule has 1 amide bonds. The molecule has 1 saturated heterocycles. The Balaban J connectivity index is 1.32. The quantitative estimate of drug-likeness (QED) is 0.289. The zero-order chi connectivity index (χ0) is 29.1. The van der Waals surface area contributed by atoms with Crippen LogP contribution in [0.1, 0.15) is 66.5 Å². The summed E-state index contributed by atoms with van der Waals surface area (Å²) in [4.78, 5) is 28.9. The fraction of sp³-hybridized carbons (Fsp3) is 0.333. The number of anilines is 3. The summed E-state index contributed by atoms with van der Waals surface area (Å²) in [7, 11) is 0. The maximum absolute atomic E-state index is 13.0. The van der Waals surface area contributed by atoms with Gasteiger partial charge in [0, 0.05) is 42.0 Å². The lowest BCUT2D eigenvalue weighted by Crippen LogP contribution is -2.35. The van der Waals surface area contributed by atoms with Crippen molar-refractivity contribution in [3.8, 4) is 11.4 Å². The Morgan fingerprint density at radius 1 is 0.976 bits per heavy atom. The van der Waals surface area contributed by atoms with Gasteiger partial charge in [0.25, 0.3) is 5.91 Å². The van der Waals surface area contributed by atoms with E-state index in [4.69, 9.17) is 10.7 Å². The van der Waals surface area contributed by atoms with Gasteiger partial charge in [-0.1, -0.05) is 57.2 Å². The predicted octanol–water partition coefficient (Wildman–Crippen LogP) is 5.53. The number of aliphatic hydroxyl groups excluding tert-OH is 1. The third-order valence-electron chi connectivity index (χ3n) is 7.66. The van der Waals surface area contributed by atoms with E-state index in [2.05, 4.69) is 65.2 Å². The second-order valence-corrected chi connectivity index (χ2v) is 11.8. The van der Waals surface area contributed by atoms with Crippen LogP contribution >= 0.6 is 0 Å². The number of carbonyl (C=O) groups excluding carboxylic acids is 1. The van der Waals surface area contributed by atoms with E-state index in [9.17, 15) is 9.90 Å². The zero-order valence-electron chi connectivity index (χ0n) is 24.2. The SMILES string of the molecule is Cc1c(NC(=O)c2ccc(C(C)(C)C)cc2)cccc1-c1nc(N)nc(Cc2ccc(N3CCC(O)CC3)cc2)n1. The van der Waals surface area contributed by atoms with Crippen molar-refractivity contribution >= 4 is 23.2 Å². The molecule has 1 aliphatic heterocycles. The van der Waals surface area contributed by atoms with Crippen molar-refractivity contribution in [2.24, 2.45) is 0 Å². The van der Waals surface area contributed by atoms with Gasteiger partial charge in [-0.05, 0) is 72.2 Å². The first-order chi connectivity index (χ1) is 19.6. The minimum absolute atomic E-state index is 0.0208. The average molecular weight is 551 g/mol. The number of rotatable bonds is 6. The number of benzene rings is 3. The number of aromatic nitrogens is 3. The number of nitrogens with zero attached hydrogens (tertiary/aromatic N) is 4. The van der Waals surface area contributed by atoms with Crippen molar-refractivity contribution in [3.05, 3.63) is 94.8 Å². The van der Waals surface area contributed by atoms with Crippen LogP contribution in [0.4, 0.5) is 17.3 Å². The van der Waals surface area contributed by atoms with Gasteiger partial charge in [-0.15, -0.1) is 0 Å². The molecular formula is C33H38N6O2. The summed E-state index contributed by atoms with van der Waals surface area (Å²) in [5, 5.41) is 12.8. The molecule has 0 bridgehead atoms. The maximum atomic E-state index is 13.0. The molecule has 0 atom stereocenters. The average Bonchev–Trinajstić information content (AvgIpc) is 2.94. The van der Waals surface area contributed by atoms with Crippen molar-refractivity contribution in [3.63, 3.8) is 0 Å². The summed E-state index contributed by atoms with van der Waals surface area (Å²) in [5.41, 5.74) is 12.4. The van der Waals surface area contributed by atoms with Gasteiger partial charge in [0.1, 0.15) is 5.82 Å². The summed E-state index contributed by atoms with van der Waals surface area (Å²) >= 11 is 0. The molecule has 2 heterocycles. The monoisotopic (exact) mass is 550 g/mol. The number of amides is 1. The number of hydrogen-bond donors (Lipinski definition) is 3. The molecule has 1 fully saturated rings. The Morgan fingerprint density at radius 3 is 2.32 bits per heavy atom. The second kappa shape index (κ2) is 11.7. The molecule has 4 aromatic rings. The molecule has 0 aliphatic carbocycles. The zero-order valence-corrected chi connectivity index (χ0v) is 24.2. The van der Waals surface area contributed by atoms with Gasteiger partial charge in [-0.2, -0.15) is 9.97 Å². The van der Waals surface area contributed by atoms with E-state index in [0.717, 1.165) is 48.3 Å². The van der Waals surface area contributed by atoms with Crippen LogP contribution in [0.2, 0.25) is 0 Å². The van der Waals surface area contributed by atoms with Crippen molar-refractivity contribution < 1.29 is 9.90 Å². The lowest BCUT2D eigenvalue weighted by Gasteiger charge is -2.31. The van der Waals surface area contributed by atoms with Gasteiger partial charge in [0.05, 0.1) is 6.10 Å². The fourth-order valence-corrected chi connectivity index (χ4v) is 5.10. The molecule has 212 valence electrons. The predicted molar refractivity (Wildman–Crippen MR) is 164 cm³/mol. The van der Waals surface area contributed by atoms with Crippen molar-refractivity contribution in [2.75, 3.05) is 29.0 Å².